The van der Waals surface area contributed by atoms with Gasteiger partial charge in [0, 0.05) is 50.1 Å². The Morgan fingerprint density at radius 2 is 1.69 bits per heavy atom. The summed E-state index contributed by atoms with van der Waals surface area (Å²) in [5, 5.41) is 10.2. The van der Waals surface area contributed by atoms with Crippen LogP contribution in [0.25, 0.3) is 16.6 Å². The van der Waals surface area contributed by atoms with E-state index in [1.54, 1.807) is 6.07 Å². The molecule has 0 aliphatic carbocycles. The van der Waals surface area contributed by atoms with E-state index in [2.05, 4.69) is 42.6 Å². The Kier molecular flexibility index (Phi) is 6.07. The molecule has 0 N–H and O–H groups in total. The van der Waals surface area contributed by atoms with Crippen LogP contribution in [0, 0.1) is 12.7 Å². The third kappa shape index (κ3) is 4.42. The van der Waals surface area contributed by atoms with Crippen LogP contribution in [-0.4, -0.2) is 50.7 Å². The van der Waals surface area contributed by atoms with Gasteiger partial charge in [0.15, 0.2) is 5.65 Å². The lowest BCUT2D eigenvalue weighted by atomic mass is 10.1. The summed E-state index contributed by atoms with van der Waals surface area (Å²) in [5.74, 6) is 1.63. The van der Waals surface area contributed by atoms with Crippen LogP contribution in [0.3, 0.4) is 0 Å². The summed E-state index contributed by atoms with van der Waals surface area (Å²) in [6, 6.07) is 23.8. The highest BCUT2D eigenvalue weighted by Gasteiger charge is 2.23. The van der Waals surface area contributed by atoms with Crippen molar-refractivity contribution in [3.05, 3.63) is 101 Å². The molecule has 6 rings (SSSR count). The zero-order valence-electron chi connectivity index (χ0n) is 20.4. The fourth-order valence-corrected chi connectivity index (χ4v) is 5.12. The Hall–Kier alpha value is -3.84. The molecule has 7 heteroatoms. The molecule has 0 radical (unpaired) electrons. The number of fused-ring (bicyclic) bond motifs is 3. The van der Waals surface area contributed by atoms with Crippen LogP contribution < -0.4 is 4.90 Å². The second-order valence-corrected chi connectivity index (χ2v) is 9.58. The van der Waals surface area contributed by atoms with Crippen LogP contribution in [0.4, 0.5) is 10.3 Å². The second-order valence-electron chi connectivity index (χ2n) is 9.58. The number of benzene rings is 3. The van der Waals surface area contributed by atoms with E-state index in [-0.39, 0.29) is 5.82 Å². The summed E-state index contributed by atoms with van der Waals surface area (Å²) < 4.78 is 16.5. The summed E-state index contributed by atoms with van der Waals surface area (Å²) in [4.78, 5) is 9.79. The van der Waals surface area contributed by atoms with E-state index in [1.807, 2.05) is 55.5 Å². The van der Waals surface area contributed by atoms with Crippen molar-refractivity contribution in [3.63, 3.8) is 0 Å². The smallest absolute Gasteiger partial charge is 0.213 e. The molecule has 1 fully saturated rings. The lowest BCUT2D eigenvalue weighted by Gasteiger charge is -2.24. The minimum atomic E-state index is -0.130. The van der Waals surface area contributed by atoms with Crippen molar-refractivity contribution in [2.75, 3.05) is 31.1 Å². The largest absolute Gasteiger partial charge is 0.341 e. The topological polar surface area (TPSA) is 49.6 Å². The van der Waals surface area contributed by atoms with Crippen LogP contribution in [-0.2, 0) is 13.0 Å². The fourth-order valence-electron chi connectivity index (χ4n) is 5.12. The molecule has 0 atom stereocenters. The maximum atomic E-state index is 14.4. The molecule has 0 saturated carbocycles. The molecule has 5 aromatic rings. The molecule has 3 heterocycles. The van der Waals surface area contributed by atoms with E-state index in [0.29, 0.717) is 13.0 Å². The minimum Gasteiger partial charge on any atom is -0.341 e. The van der Waals surface area contributed by atoms with Crippen molar-refractivity contribution >= 4 is 22.5 Å². The third-order valence-electron chi connectivity index (χ3n) is 6.97. The van der Waals surface area contributed by atoms with Gasteiger partial charge >= 0.3 is 0 Å². The number of para-hydroxylation sites is 1. The molecule has 0 bridgehead atoms. The van der Waals surface area contributed by atoms with Crippen LogP contribution >= 0.6 is 0 Å². The quantitative estimate of drug-likeness (QED) is 0.353. The SMILES string of the molecule is Cc1ccc(F)c(CN2CCCN(c3nc4ccccc4c4nnc(Cc5ccccc5)n34)CC2)c1. The summed E-state index contributed by atoms with van der Waals surface area (Å²) in [6.45, 7) is 6.05. The van der Waals surface area contributed by atoms with Crippen molar-refractivity contribution in [1.29, 1.82) is 0 Å². The Labute approximate surface area is 210 Å². The first-order valence-corrected chi connectivity index (χ1v) is 12.5. The van der Waals surface area contributed by atoms with E-state index in [9.17, 15) is 4.39 Å². The number of nitrogens with zero attached hydrogens (tertiary/aromatic N) is 6. The molecule has 182 valence electrons. The minimum absolute atomic E-state index is 0.130. The van der Waals surface area contributed by atoms with Crippen molar-refractivity contribution in [3.8, 4) is 0 Å². The fraction of sp³-hybridized carbons (Fsp3) is 0.276. The summed E-state index contributed by atoms with van der Waals surface area (Å²) in [6.07, 6.45) is 1.65. The van der Waals surface area contributed by atoms with Gasteiger partial charge in [-0.1, -0.05) is 60.2 Å². The first-order valence-electron chi connectivity index (χ1n) is 12.5. The number of hydrogen-bond acceptors (Lipinski definition) is 5. The highest BCUT2D eigenvalue weighted by atomic mass is 19.1. The molecule has 3 aromatic carbocycles. The van der Waals surface area contributed by atoms with Gasteiger partial charge in [0.2, 0.25) is 5.95 Å². The summed E-state index contributed by atoms with van der Waals surface area (Å²) in [7, 11) is 0. The second kappa shape index (κ2) is 9.66. The summed E-state index contributed by atoms with van der Waals surface area (Å²) in [5.41, 5.74) is 4.79. The highest BCUT2D eigenvalue weighted by molar-refractivity contribution is 5.92. The van der Waals surface area contributed by atoms with Gasteiger partial charge in [0.25, 0.3) is 0 Å². The monoisotopic (exact) mass is 480 g/mol. The van der Waals surface area contributed by atoms with Crippen molar-refractivity contribution in [2.45, 2.75) is 26.3 Å². The van der Waals surface area contributed by atoms with Crippen LogP contribution in [0.5, 0.6) is 0 Å². The number of anilines is 1. The Bertz CT molecular complexity index is 1510. The zero-order chi connectivity index (χ0) is 24.5. The molecule has 0 spiro atoms. The molecule has 6 nitrogen and oxygen atoms in total. The molecule has 0 amide bonds. The first-order chi connectivity index (χ1) is 17.7. The average molecular weight is 481 g/mol. The van der Waals surface area contributed by atoms with Crippen molar-refractivity contribution in [1.82, 2.24) is 24.5 Å². The van der Waals surface area contributed by atoms with Gasteiger partial charge < -0.3 is 4.90 Å². The maximum absolute atomic E-state index is 14.4. The first kappa shape index (κ1) is 22.6. The van der Waals surface area contributed by atoms with Crippen LogP contribution in [0.1, 0.15) is 28.9 Å². The number of hydrogen-bond donors (Lipinski definition) is 0. The van der Waals surface area contributed by atoms with E-state index in [4.69, 9.17) is 4.98 Å². The Morgan fingerprint density at radius 3 is 2.58 bits per heavy atom. The van der Waals surface area contributed by atoms with E-state index < -0.39 is 0 Å². The molecular weight excluding hydrogens is 451 g/mol. The molecule has 1 saturated heterocycles. The summed E-state index contributed by atoms with van der Waals surface area (Å²) >= 11 is 0. The zero-order valence-corrected chi connectivity index (χ0v) is 20.4. The predicted molar refractivity (Wildman–Crippen MR) is 141 cm³/mol. The predicted octanol–water partition coefficient (Wildman–Crippen LogP) is 5.03. The van der Waals surface area contributed by atoms with Gasteiger partial charge in [-0.2, -0.15) is 0 Å². The average Bonchev–Trinajstić information content (AvgIpc) is 3.17. The normalized spacial score (nSPS) is 15.0. The number of halogens is 1. The third-order valence-corrected chi connectivity index (χ3v) is 6.97. The molecule has 36 heavy (non-hydrogen) atoms. The standard InChI is InChI=1S/C29H29FN6/c1-21-12-13-25(30)23(18-21)20-34-14-7-15-35(17-16-34)29-31-26-11-6-5-10-24(26)28-33-32-27(36(28)29)19-22-8-3-2-4-9-22/h2-6,8-13,18H,7,14-17,19-20H2,1H3. The molecule has 2 aromatic heterocycles. The van der Waals surface area contributed by atoms with Gasteiger partial charge in [-0.05, 0) is 37.1 Å². The lowest BCUT2D eigenvalue weighted by Crippen LogP contribution is -2.32. The van der Waals surface area contributed by atoms with Crippen LogP contribution in [0.15, 0.2) is 72.8 Å². The van der Waals surface area contributed by atoms with Gasteiger partial charge in [0.1, 0.15) is 11.6 Å². The van der Waals surface area contributed by atoms with E-state index >= 15 is 0 Å². The number of aryl methyl sites for hydroxylation is 1. The molecule has 1 aliphatic rings. The van der Waals surface area contributed by atoms with E-state index in [1.165, 1.54) is 5.56 Å². The van der Waals surface area contributed by atoms with Gasteiger partial charge in [-0.15, -0.1) is 10.2 Å². The maximum Gasteiger partial charge on any atom is 0.213 e. The van der Waals surface area contributed by atoms with Gasteiger partial charge in [-0.3, -0.25) is 4.90 Å². The lowest BCUT2D eigenvalue weighted by molar-refractivity contribution is 0.281. The number of aromatic nitrogens is 4. The molecule has 1 aliphatic heterocycles. The van der Waals surface area contributed by atoms with Gasteiger partial charge in [0.05, 0.1) is 5.52 Å². The van der Waals surface area contributed by atoms with Gasteiger partial charge in [-0.25, -0.2) is 13.8 Å². The Morgan fingerprint density at radius 1 is 0.861 bits per heavy atom. The Balaban J connectivity index is 1.34. The van der Waals surface area contributed by atoms with Crippen molar-refractivity contribution in [2.24, 2.45) is 0 Å². The molecule has 0 unspecified atom stereocenters. The van der Waals surface area contributed by atoms with E-state index in [0.717, 1.165) is 72.0 Å². The number of rotatable bonds is 5. The highest BCUT2D eigenvalue weighted by Crippen LogP contribution is 2.26. The molecular formula is C29H29FN6. The van der Waals surface area contributed by atoms with Crippen LogP contribution in [0.2, 0.25) is 0 Å². The van der Waals surface area contributed by atoms with Crippen molar-refractivity contribution < 1.29 is 4.39 Å².